The van der Waals surface area contributed by atoms with E-state index in [2.05, 4.69) is 4.99 Å². The van der Waals surface area contributed by atoms with Gasteiger partial charge < -0.3 is 0 Å². The largest absolute Gasteiger partial charge is 0.418 e. The van der Waals surface area contributed by atoms with Gasteiger partial charge in [0.25, 0.3) is 5.69 Å². The molecule has 9 nitrogen and oxygen atoms in total. The van der Waals surface area contributed by atoms with Crippen LogP contribution in [0.15, 0.2) is 27.3 Å². The number of aliphatic imine (C=N–C) groups is 1. The van der Waals surface area contributed by atoms with Crippen molar-refractivity contribution in [2.24, 2.45) is 10.7 Å². The van der Waals surface area contributed by atoms with Crippen LogP contribution < -0.4 is 10.6 Å². The highest BCUT2D eigenvalue weighted by atomic mass is 35.5. The second-order valence-corrected chi connectivity index (χ2v) is 5.78. The van der Waals surface area contributed by atoms with Gasteiger partial charge in [0.2, 0.25) is 0 Å². The molecule has 2 rings (SSSR count). The van der Waals surface area contributed by atoms with Gasteiger partial charge in [-0.05, 0) is 0 Å². The molecule has 1 atom stereocenters. The second kappa shape index (κ2) is 6.87. The number of benzene rings is 1. The van der Waals surface area contributed by atoms with Crippen molar-refractivity contribution >= 4 is 57.0 Å². The molecule has 0 bridgehead atoms. The number of alkyl halides is 3. The second-order valence-electron chi connectivity index (χ2n) is 4.68. The standard InChI is InChI=1S/C11H5Cl3F3N5O4/c12-6-8(13)19-10(18)20(9(6)14)7-4(11(15,16)17)1-3(21(23)24)2-5(7)22(25)26/h1-2,10H,18H2. The minimum absolute atomic E-state index is 0.118. The third-order valence-electron chi connectivity index (χ3n) is 3.11. The molecule has 1 unspecified atom stereocenters. The number of non-ortho nitro benzene ring substituents is 1. The summed E-state index contributed by atoms with van der Waals surface area (Å²) in [7, 11) is 0. The van der Waals surface area contributed by atoms with Crippen LogP contribution in [0.2, 0.25) is 0 Å². The Kier molecular flexibility index (Phi) is 5.33. The molecule has 1 aromatic rings. The van der Waals surface area contributed by atoms with Crippen molar-refractivity contribution in [3.8, 4) is 0 Å². The highest BCUT2D eigenvalue weighted by Crippen LogP contribution is 2.47. The van der Waals surface area contributed by atoms with E-state index in [-0.39, 0.29) is 6.07 Å². The summed E-state index contributed by atoms with van der Waals surface area (Å²) in [6, 6.07) is 0.461. The van der Waals surface area contributed by atoms with Crippen LogP contribution in [-0.4, -0.2) is 21.3 Å². The summed E-state index contributed by atoms with van der Waals surface area (Å²) in [5.41, 5.74) is 0.299. The van der Waals surface area contributed by atoms with E-state index in [9.17, 15) is 33.4 Å². The zero-order chi connectivity index (χ0) is 20.0. The van der Waals surface area contributed by atoms with Gasteiger partial charge in [0.15, 0.2) is 6.29 Å². The minimum atomic E-state index is -5.22. The zero-order valence-electron chi connectivity index (χ0n) is 12.0. The first-order chi connectivity index (χ1) is 11.9. The summed E-state index contributed by atoms with van der Waals surface area (Å²) >= 11 is 17.2. The Morgan fingerprint density at radius 2 is 1.73 bits per heavy atom. The van der Waals surface area contributed by atoms with Crippen molar-refractivity contribution in [1.82, 2.24) is 0 Å². The van der Waals surface area contributed by atoms with Gasteiger partial charge in [-0.3, -0.25) is 30.9 Å². The molecule has 0 amide bonds. The molecule has 15 heteroatoms. The van der Waals surface area contributed by atoms with E-state index < -0.39 is 60.3 Å². The minimum Gasteiger partial charge on any atom is -0.292 e. The van der Waals surface area contributed by atoms with Gasteiger partial charge in [-0.2, -0.15) is 13.2 Å². The molecular weight excluding hydrogens is 430 g/mol. The molecule has 0 radical (unpaired) electrons. The molecule has 2 N–H and O–H groups in total. The molecule has 0 saturated heterocycles. The molecule has 1 heterocycles. The number of nitro benzene ring substituents is 2. The maximum absolute atomic E-state index is 13.5. The smallest absolute Gasteiger partial charge is 0.292 e. The summed E-state index contributed by atoms with van der Waals surface area (Å²) in [4.78, 5) is 23.6. The molecule has 1 aromatic carbocycles. The topological polar surface area (TPSA) is 128 Å². The monoisotopic (exact) mass is 433 g/mol. The van der Waals surface area contributed by atoms with Crippen LogP contribution in [0.5, 0.6) is 0 Å². The number of hydrogen-bond acceptors (Lipinski definition) is 7. The van der Waals surface area contributed by atoms with Crippen LogP contribution in [0.3, 0.4) is 0 Å². The quantitative estimate of drug-likeness (QED) is 0.437. The highest BCUT2D eigenvalue weighted by molar-refractivity contribution is 6.77. The fourth-order valence-corrected chi connectivity index (χ4v) is 2.74. The molecule has 0 aromatic heterocycles. The maximum atomic E-state index is 13.5. The van der Waals surface area contributed by atoms with Crippen molar-refractivity contribution in [2.75, 3.05) is 4.90 Å². The molecule has 1 aliphatic rings. The van der Waals surface area contributed by atoms with E-state index in [1.807, 2.05) is 0 Å². The number of nitro groups is 2. The van der Waals surface area contributed by atoms with Crippen LogP contribution in [0.4, 0.5) is 30.2 Å². The van der Waals surface area contributed by atoms with Gasteiger partial charge in [0.05, 0.1) is 21.5 Å². The first-order valence-electron chi connectivity index (χ1n) is 6.24. The normalized spacial score (nSPS) is 18.0. The van der Waals surface area contributed by atoms with E-state index in [4.69, 9.17) is 40.5 Å². The Morgan fingerprint density at radius 3 is 2.19 bits per heavy atom. The molecule has 140 valence electrons. The molecule has 0 saturated carbocycles. The van der Waals surface area contributed by atoms with Crippen molar-refractivity contribution in [3.63, 3.8) is 0 Å². The van der Waals surface area contributed by atoms with Crippen molar-refractivity contribution < 1.29 is 23.0 Å². The molecule has 0 fully saturated rings. The predicted molar refractivity (Wildman–Crippen MR) is 87.2 cm³/mol. The average Bonchev–Trinajstić information content (AvgIpc) is 2.51. The van der Waals surface area contributed by atoms with E-state index in [1.54, 1.807) is 0 Å². The lowest BCUT2D eigenvalue weighted by molar-refractivity contribution is -0.394. The molecule has 0 aliphatic carbocycles. The highest BCUT2D eigenvalue weighted by Gasteiger charge is 2.44. The fourth-order valence-electron chi connectivity index (χ4n) is 2.09. The average molecular weight is 435 g/mol. The number of hydrogen-bond donors (Lipinski definition) is 1. The van der Waals surface area contributed by atoms with E-state index in [1.165, 1.54) is 0 Å². The fraction of sp³-hybridized carbons (Fsp3) is 0.182. The predicted octanol–water partition coefficient (Wildman–Crippen LogP) is 3.87. The molecule has 1 aliphatic heterocycles. The lowest BCUT2D eigenvalue weighted by Gasteiger charge is -2.32. The lowest BCUT2D eigenvalue weighted by atomic mass is 10.1. The maximum Gasteiger partial charge on any atom is 0.418 e. The summed E-state index contributed by atoms with van der Waals surface area (Å²) in [5.74, 6) is 0. The third-order valence-corrected chi connectivity index (χ3v) is 4.32. The third kappa shape index (κ3) is 3.53. The van der Waals surface area contributed by atoms with E-state index in [0.29, 0.717) is 11.0 Å². The number of allylic oxidation sites excluding steroid dienone is 1. The van der Waals surface area contributed by atoms with Crippen LogP contribution in [0, 0.1) is 20.2 Å². The number of rotatable bonds is 3. The van der Waals surface area contributed by atoms with Crippen LogP contribution in [-0.2, 0) is 6.18 Å². The van der Waals surface area contributed by atoms with Crippen LogP contribution >= 0.6 is 34.8 Å². The van der Waals surface area contributed by atoms with Crippen molar-refractivity contribution in [2.45, 2.75) is 12.5 Å². The molecule has 26 heavy (non-hydrogen) atoms. The van der Waals surface area contributed by atoms with Crippen LogP contribution in [0.1, 0.15) is 5.56 Å². The SMILES string of the molecule is NC1N=C(Cl)C(Cl)=C(Cl)N1c1c([N+](=O)[O-])cc([N+](=O)[O-])cc1C(F)(F)F. The van der Waals surface area contributed by atoms with Gasteiger partial charge in [-0.25, -0.2) is 4.99 Å². The summed E-state index contributed by atoms with van der Waals surface area (Å²) in [6.45, 7) is 0. The first-order valence-corrected chi connectivity index (χ1v) is 7.37. The van der Waals surface area contributed by atoms with E-state index in [0.717, 1.165) is 0 Å². The van der Waals surface area contributed by atoms with Crippen LogP contribution in [0.25, 0.3) is 0 Å². The summed E-state index contributed by atoms with van der Waals surface area (Å²) in [6.07, 6.45) is -6.92. The van der Waals surface area contributed by atoms with E-state index >= 15 is 0 Å². The Bertz CT molecular complexity index is 873. The van der Waals surface area contributed by atoms with Gasteiger partial charge in [-0.1, -0.05) is 34.8 Å². The number of nitrogens with two attached hydrogens (primary N) is 1. The number of anilines is 1. The number of halogens is 6. The first kappa shape index (κ1) is 20.2. The van der Waals surface area contributed by atoms with Gasteiger partial charge >= 0.3 is 11.9 Å². The Morgan fingerprint density at radius 1 is 1.15 bits per heavy atom. The lowest BCUT2D eigenvalue weighted by Crippen LogP contribution is -2.43. The number of nitrogens with zero attached hydrogens (tertiary/aromatic N) is 4. The van der Waals surface area contributed by atoms with Crippen molar-refractivity contribution in [1.29, 1.82) is 0 Å². The Balaban J connectivity index is 2.91. The van der Waals surface area contributed by atoms with Gasteiger partial charge in [0.1, 0.15) is 21.0 Å². The summed E-state index contributed by atoms with van der Waals surface area (Å²) in [5, 5.41) is 20.5. The Hall–Kier alpha value is -2.15. The van der Waals surface area contributed by atoms with Gasteiger partial charge in [0, 0.05) is 6.07 Å². The molecule has 0 spiro atoms. The summed E-state index contributed by atoms with van der Waals surface area (Å²) < 4.78 is 40.4. The van der Waals surface area contributed by atoms with Gasteiger partial charge in [-0.15, -0.1) is 0 Å². The zero-order valence-corrected chi connectivity index (χ0v) is 14.3. The molecular formula is C11H5Cl3F3N5O4. The Labute approximate surface area is 156 Å². The van der Waals surface area contributed by atoms with Crippen molar-refractivity contribution in [3.05, 3.63) is 48.1 Å².